The molecule has 2 aromatic carbocycles. The maximum Gasteiger partial charge on any atom is 0.355 e. The van der Waals surface area contributed by atoms with Crippen LogP contribution in [0.3, 0.4) is 0 Å². The Morgan fingerprint density at radius 2 is 1.88 bits per heavy atom. The van der Waals surface area contributed by atoms with E-state index in [1.54, 1.807) is 31.2 Å². The first-order valence-electron chi connectivity index (χ1n) is 10.4. The van der Waals surface area contributed by atoms with Crippen molar-refractivity contribution < 1.29 is 28.8 Å². The van der Waals surface area contributed by atoms with Gasteiger partial charge >= 0.3 is 5.97 Å². The van der Waals surface area contributed by atoms with Crippen molar-refractivity contribution in [2.24, 2.45) is 0 Å². The number of non-ortho nitro benzene ring substituents is 1. The second kappa shape index (κ2) is 9.96. The molecule has 0 bridgehead atoms. The highest BCUT2D eigenvalue weighted by molar-refractivity contribution is 8.00. The van der Waals surface area contributed by atoms with E-state index in [1.807, 2.05) is 6.07 Å². The number of esters is 1. The van der Waals surface area contributed by atoms with E-state index in [1.165, 1.54) is 40.9 Å². The summed E-state index contributed by atoms with van der Waals surface area (Å²) < 4.78 is 10.8. The van der Waals surface area contributed by atoms with Crippen LogP contribution in [0.4, 0.5) is 5.69 Å². The number of nitrogens with zero attached hydrogens (tertiary/aromatic N) is 2. The molecule has 1 fully saturated rings. The molecule has 2 aliphatic heterocycles. The van der Waals surface area contributed by atoms with Crippen molar-refractivity contribution >= 4 is 35.2 Å². The zero-order valence-electron chi connectivity index (χ0n) is 18.1. The van der Waals surface area contributed by atoms with Gasteiger partial charge in [0.25, 0.3) is 17.5 Å². The molecule has 0 unspecified atom stereocenters. The predicted molar refractivity (Wildman–Crippen MR) is 123 cm³/mol. The van der Waals surface area contributed by atoms with Crippen LogP contribution in [0, 0.1) is 10.1 Å². The monoisotopic (exact) mass is 483 g/mol. The Bertz CT molecular complexity index is 1150. The third kappa shape index (κ3) is 4.88. The fourth-order valence-corrected chi connectivity index (χ4v) is 4.87. The summed E-state index contributed by atoms with van der Waals surface area (Å²) in [4.78, 5) is 49.5. The molecule has 0 spiro atoms. The van der Waals surface area contributed by atoms with E-state index in [9.17, 15) is 24.5 Å². The molecule has 0 saturated carbocycles. The lowest BCUT2D eigenvalue weighted by Crippen LogP contribution is -2.70. The number of fused-ring (bicyclic) bond motifs is 1. The number of nitro benzene ring substituents is 1. The van der Waals surface area contributed by atoms with E-state index in [0.717, 1.165) is 0 Å². The quantitative estimate of drug-likeness (QED) is 0.262. The van der Waals surface area contributed by atoms with Gasteiger partial charge in [-0.15, -0.1) is 11.8 Å². The van der Waals surface area contributed by atoms with E-state index >= 15 is 0 Å². The summed E-state index contributed by atoms with van der Waals surface area (Å²) >= 11 is 1.45. The van der Waals surface area contributed by atoms with Gasteiger partial charge in [0.05, 0.1) is 4.92 Å². The van der Waals surface area contributed by atoms with Crippen LogP contribution in [0.5, 0.6) is 5.75 Å². The highest BCUT2D eigenvalue weighted by Gasteiger charge is 2.54. The van der Waals surface area contributed by atoms with Crippen LogP contribution in [0.15, 0.2) is 65.9 Å². The predicted octanol–water partition coefficient (Wildman–Crippen LogP) is 2.39. The Balaban J connectivity index is 1.34. The Morgan fingerprint density at radius 3 is 2.56 bits per heavy atom. The number of thioether (sulfide) groups is 1. The minimum atomic E-state index is -0.762. The number of carbonyl (C=O) groups is 3. The first kappa shape index (κ1) is 23.3. The van der Waals surface area contributed by atoms with E-state index in [2.05, 4.69) is 5.32 Å². The number of β-lactam (4-membered cyclic amide) rings is 1. The Hall–Kier alpha value is -3.86. The highest BCUT2D eigenvalue weighted by atomic mass is 32.2. The van der Waals surface area contributed by atoms with Crippen LogP contribution >= 0.6 is 11.8 Å². The lowest BCUT2D eigenvalue weighted by atomic mass is 10.0. The maximum absolute atomic E-state index is 12.8. The summed E-state index contributed by atoms with van der Waals surface area (Å²) in [5, 5.41) is 13.0. The van der Waals surface area contributed by atoms with Crippen LogP contribution in [0.1, 0.15) is 12.5 Å². The van der Waals surface area contributed by atoms with Gasteiger partial charge in [-0.2, -0.15) is 0 Å². The smallest absolute Gasteiger partial charge is 0.355 e. The molecule has 4 rings (SSSR count). The van der Waals surface area contributed by atoms with E-state index < -0.39 is 34.1 Å². The number of ether oxygens (including phenoxy) is 2. The summed E-state index contributed by atoms with van der Waals surface area (Å²) in [6, 6.07) is 13.8. The van der Waals surface area contributed by atoms with Gasteiger partial charge in [0, 0.05) is 17.9 Å². The van der Waals surface area contributed by atoms with Gasteiger partial charge in [0.15, 0.2) is 6.61 Å². The van der Waals surface area contributed by atoms with Crippen molar-refractivity contribution in [2.75, 3.05) is 12.4 Å². The number of nitro groups is 1. The zero-order chi connectivity index (χ0) is 24.2. The molecule has 2 atom stereocenters. The number of rotatable bonds is 8. The fourth-order valence-electron chi connectivity index (χ4n) is 3.57. The minimum Gasteiger partial charge on any atom is -0.484 e. The number of nitrogens with one attached hydrogen (secondary N) is 1. The summed E-state index contributed by atoms with van der Waals surface area (Å²) in [6.45, 7) is 1.42. The average Bonchev–Trinajstić information content (AvgIpc) is 2.85. The number of carbonyl (C=O) groups excluding carboxylic acids is 3. The lowest BCUT2D eigenvalue weighted by Gasteiger charge is -2.49. The van der Waals surface area contributed by atoms with Gasteiger partial charge in [0.2, 0.25) is 0 Å². The molecule has 2 aliphatic rings. The van der Waals surface area contributed by atoms with Crippen molar-refractivity contribution in [1.29, 1.82) is 0 Å². The van der Waals surface area contributed by atoms with E-state index in [4.69, 9.17) is 9.47 Å². The van der Waals surface area contributed by atoms with E-state index in [0.29, 0.717) is 22.6 Å². The molecule has 176 valence electrons. The van der Waals surface area contributed by atoms with Gasteiger partial charge in [-0.05, 0) is 42.3 Å². The Labute approximate surface area is 199 Å². The molecule has 1 N–H and O–H groups in total. The second-order valence-electron chi connectivity index (χ2n) is 7.69. The van der Waals surface area contributed by atoms with Crippen LogP contribution < -0.4 is 10.1 Å². The first-order chi connectivity index (χ1) is 16.3. The molecule has 2 amide bonds. The molecule has 2 aromatic rings. The van der Waals surface area contributed by atoms with Gasteiger partial charge < -0.3 is 14.8 Å². The van der Waals surface area contributed by atoms with Crippen molar-refractivity contribution in [3.05, 3.63) is 81.5 Å². The molecule has 2 heterocycles. The summed E-state index contributed by atoms with van der Waals surface area (Å²) in [6.07, 6.45) is 0. The third-order valence-electron chi connectivity index (χ3n) is 5.30. The van der Waals surface area contributed by atoms with Crippen molar-refractivity contribution in [1.82, 2.24) is 10.2 Å². The van der Waals surface area contributed by atoms with Gasteiger partial charge in [-0.1, -0.05) is 18.2 Å². The van der Waals surface area contributed by atoms with Crippen LogP contribution in [-0.2, 0) is 25.7 Å². The topological polar surface area (TPSA) is 128 Å². The van der Waals surface area contributed by atoms with Crippen LogP contribution in [-0.4, -0.2) is 51.4 Å². The molecule has 10 nitrogen and oxygen atoms in total. The molecule has 11 heteroatoms. The van der Waals surface area contributed by atoms with Crippen molar-refractivity contribution in [2.45, 2.75) is 24.9 Å². The summed E-state index contributed by atoms with van der Waals surface area (Å²) in [5.74, 6) is -0.444. The fraction of sp³-hybridized carbons (Fsp3) is 0.261. The Kier molecular flexibility index (Phi) is 6.82. The van der Waals surface area contributed by atoms with Crippen molar-refractivity contribution in [3.63, 3.8) is 0 Å². The average molecular weight is 484 g/mol. The van der Waals surface area contributed by atoms with Crippen LogP contribution in [0.2, 0.25) is 0 Å². The third-order valence-corrected chi connectivity index (χ3v) is 6.72. The molecule has 34 heavy (non-hydrogen) atoms. The summed E-state index contributed by atoms with van der Waals surface area (Å²) in [7, 11) is 0. The maximum atomic E-state index is 12.8. The van der Waals surface area contributed by atoms with Gasteiger partial charge in [-0.3, -0.25) is 24.6 Å². The number of para-hydroxylation sites is 1. The molecule has 0 radical (unpaired) electrons. The molecule has 0 aromatic heterocycles. The van der Waals surface area contributed by atoms with Crippen molar-refractivity contribution in [3.8, 4) is 5.75 Å². The Morgan fingerprint density at radius 1 is 1.18 bits per heavy atom. The molecule has 0 aliphatic carbocycles. The number of hydrogen-bond acceptors (Lipinski definition) is 8. The molecular weight excluding hydrogens is 462 g/mol. The molecular formula is C23H21N3O7S. The van der Waals surface area contributed by atoms with Crippen LogP contribution in [0.25, 0.3) is 0 Å². The number of amides is 2. The highest BCUT2D eigenvalue weighted by Crippen LogP contribution is 2.40. The molecule has 1 saturated heterocycles. The SMILES string of the molecule is CC1=C(C(=O)OCc2ccc([N+](=O)[O-])cc2)N2C(=O)[C@@H](NC(=O)COc3ccccc3)[C@@H]2SC1. The van der Waals surface area contributed by atoms with Gasteiger partial charge in [0.1, 0.15) is 29.5 Å². The zero-order valence-corrected chi connectivity index (χ0v) is 18.9. The normalized spacial score (nSPS) is 19.1. The second-order valence-corrected chi connectivity index (χ2v) is 8.79. The minimum absolute atomic E-state index is 0.0609. The standard InChI is InChI=1S/C23H21N3O7S/c1-14-13-34-22-19(24-18(27)12-32-17-5-3-2-4-6-17)21(28)25(22)20(14)23(29)33-11-15-7-9-16(10-8-15)26(30)31/h2-10,19,22H,11-13H2,1H3,(H,24,27)/t19-,22+/m1/s1. The van der Waals surface area contributed by atoms with Gasteiger partial charge in [-0.25, -0.2) is 4.79 Å². The lowest BCUT2D eigenvalue weighted by molar-refractivity contribution is -0.384. The van der Waals surface area contributed by atoms with E-state index in [-0.39, 0.29) is 24.6 Å². The first-order valence-corrected chi connectivity index (χ1v) is 11.4. The number of benzene rings is 2. The summed E-state index contributed by atoms with van der Waals surface area (Å²) in [5.41, 5.74) is 1.38. The largest absolute Gasteiger partial charge is 0.484 e. The number of hydrogen-bond donors (Lipinski definition) is 1.